The van der Waals surface area contributed by atoms with E-state index in [4.69, 9.17) is 4.42 Å². The molecule has 1 unspecified atom stereocenters. The molecule has 0 bridgehead atoms. The minimum atomic E-state index is -0.192. The fourth-order valence-corrected chi connectivity index (χ4v) is 4.03. The van der Waals surface area contributed by atoms with Crippen LogP contribution in [0.4, 0.5) is 4.39 Å². The summed E-state index contributed by atoms with van der Waals surface area (Å²) in [5, 5.41) is 4.20. The highest BCUT2D eigenvalue weighted by atomic mass is 19.1. The smallest absolute Gasteiger partial charge is 0.220 e. The Labute approximate surface area is 181 Å². The first kappa shape index (κ1) is 20.9. The van der Waals surface area contributed by atoms with Gasteiger partial charge < -0.3 is 14.3 Å². The molecular formula is C26H27FN2O2. The van der Waals surface area contributed by atoms with Crippen molar-refractivity contribution < 1.29 is 13.6 Å². The lowest BCUT2D eigenvalue weighted by Gasteiger charge is -2.12. The second-order valence-electron chi connectivity index (χ2n) is 8.00. The molecule has 4 aromatic rings. The van der Waals surface area contributed by atoms with Crippen molar-refractivity contribution in [3.63, 3.8) is 0 Å². The van der Waals surface area contributed by atoms with Crippen LogP contribution in [0.1, 0.15) is 36.7 Å². The van der Waals surface area contributed by atoms with Gasteiger partial charge in [0.05, 0.1) is 12.8 Å². The lowest BCUT2D eigenvalue weighted by molar-refractivity contribution is -0.121. The van der Waals surface area contributed by atoms with Gasteiger partial charge in [-0.05, 0) is 49.6 Å². The summed E-state index contributed by atoms with van der Waals surface area (Å²) in [6.45, 7) is 2.47. The number of carbonyl (C=O) groups excluding carboxylic acids is 1. The third-order valence-corrected chi connectivity index (χ3v) is 5.51. The Bertz CT molecular complexity index is 1150. The van der Waals surface area contributed by atoms with Gasteiger partial charge in [0, 0.05) is 41.5 Å². The SMILES string of the molecule is CC(Cc1ccco1)NC(=O)CCCc1cn(Cc2ccccc2F)c2ccccc12. The van der Waals surface area contributed by atoms with Gasteiger partial charge in [0.25, 0.3) is 0 Å². The number of fused-ring (bicyclic) bond motifs is 1. The Hall–Kier alpha value is -3.34. The van der Waals surface area contributed by atoms with Crippen LogP contribution in [0.5, 0.6) is 0 Å². The van der Waals surface area contributed by atoms with Gasteiger partial charge in [0.1, 0.15) is 11.6 Å². The van der Waals surface area contributed by atoms with Crippen molar-refractivity contribution in [2.45, 2.75) is 45.2 Å². The topological polar surface area (TPSA) is 47.2 Å². The van der Waals surface area contributed by atoms with E-state index in [9.17, 15) is 9.18 Å². The number of hydrogen-bond donors (Lipinski definition) is 1. The second kappa shape index (κ2) is 9.65. The maximum atomic E-state index is 14.1. The summed E-state index contributed by atoms with van der Waals surface area (Å²) in [7, 11) is 0. The van der Waals surface area contributed by atoms with Crippen LogP contribution in [-0.2, 0) is 24.2 Å². The van der Waals surface area contributed by atoms with E-state index in [1.165, 1.54) is 11.6 Å². The van der Waals surface area contributed by atoms with Gasteiger partial charge in [-0.15, -0.1) is 0 Å². The molecule has 0 fully saturated rings. The van der Waals surface area contributed by atoms with E-state index in [1.54, 1.807) is 12.3 Å². The molecule has 0 aliphatic heterocycles. The first-order valence-corrected chi connectivity index (χ1v) is 10.7. The standard InChI is InChI=1S/C26H27FN2O2/c1-19(16-22-10-7-15-31-22)28-26(30)14-6-9-20-17-29(25-13-5-3-11-23(20)25)18-21-8-2-4-12-24(21)27/h2-5,7-8,10-13,15,17,19H,6,9,14,16,18H2,1H3,(H,28,30). The minimum absolute atomic E-state index is 0.0290. The molecule has 0 saturated carbocycles. The van der Waals surface area contributed by atoms with E-state index in [0.717, 1.165) is 29.5 Å². The van der Waals surface area contributed by atoms with Crippen LogP contribution in [0, 0.1) is 5.82 Å². The molecule has 4 nitrogen and oxygen atoms in total. The van der Waals surface area contributed by atoms with Gasteiger partial charge in [-0.25, -0.2) is 4.39 Å². The van der Waals surface area contributed by atoms with Crippen molar-refractivity contribution in [3.05, 3.63) is 95.8 Å². The summed E-state index contributed by atoms with van der Waals surface area (Å²) >= 11 is 0. The number of carbonyl (C=O) groups is 1. The highest BCUT2D eigenvalue weighted by Gasteiger charge is 2.12. The summed E-state index contributed by atoms with van der Waals surface area (Å²) in [5.74, 6) is 0.729. The maximum absolute atomic E-state index is 14.1. The zero-order valence-corrected chi connectivity index (χ0v) is 17.7. The molecule has 0 aliphatic rings. The normalized spacial score (nSPS) is 12.2. The molecule has 0 saturated heterocycles. The van der Waals surface area contributed by atoms with Crippen molar-refractivity contribution in [2.75, 3.05) is 0 Å². The molecule has 1 N–H and O–H groups in total. The molecule has 0 radical (unpaired) electrons. The number of nitrogens with one attached hydrogen (secondary N) is 1. The van der Waals surface area contributed by atoms with Gasteiger partial charge in [0.2, 0.25) is 5.91 Å². The summed E-state index contributed by atoms with van der Waals surface area (Å²) in [6.07, 6.45) is 6.44. The summed E-state index contributed by atoms with van der Waals surface area (Å²) in [4.78, 5) is 12.3. The number of nitrogens with zero attached hydrogens (tertiary/aromatic N) is 1. The number of furan rings is 1. The average Bonchev–Trinajstić information content (AvgIpc) is 3.38. The number of halogens is 1. The molecule has 5 heteroatoms. The lowest BCUT2D eigenvalue weighted by atomic mass is 10.1. The maximum Gasteiger partial charge on any atom is 0.220 e. The van der Waals surface area contributed by atoms with Crippen LogP contribution in [0.15, 0.2) is 77.5 Å². The van der Waals surface area contributed by atoms with Crippen LogP contribution >= 0.6 is 0 Å². The molecule has 0 aliphatic carbocycles. The number of para-hydroxylation sites is 1. The lowest BCUT2D eigenvalue weighted by Crippen LogP contribution is -2.33. The predicted octanol–water partition coefficient (Wildman–Crippen LogP) is 5.49. The third-order valence-electron chi connectivity index (χ3n) is 5.51. The Kier molecular flexibility index (Phi) is 6.51. The number of amides is 1. The molecule has 1 atom stereocenters. The van der Waals surface area contributed by atoms with Gasteiger partial charge in [0.15, 0.2) is 0 Å². The molecule has 4 rings (SSSR count). The summed E-state index contributed by atoms with van der Waals surface area (Å²) in [6, 6.07) is 18.8. The van der Waals surface area contributed by atoms with E-state index in [-0.39, 0.29) is 17.8 Å². The van der Waals surface area contributed by atoms with Crippen LogP contribution in [-0.4, -0.2) is 16.5 Å². The molecule has 31 heavy (non-hydrogen) atoms. The van der Waals surface area contributed by atoms with Crippen molar-refractivity contribution in [2.24, 2.45) is 0 Å². The molecule has 0 spiro atoms. The monoisotopic (exact) mass is 418 g/mol. The van der Waals surface area contributed by atoms with E-state index in [0.29, 0.717) is 24.9 Å². The van der Waals surface area contributed by atoms with Gasteiger partial charge in [-0.1, -0.05) is 36.4 Å². The van der Waals surface area contributed by atoms with Gasteiger partial charge >= 0.3 is 0 Å². The van der Waals surface area contributed by atoms with Gasteiger partial charge in [-0.2, -0.15) is 0 Å². The van der Waals surface area contributed by atoms with Crippen LogP contribution < -0.4 is 5.32 Å². The molecule has 2 heterocycles. The van der Waals surface area contributed by atoms with Crippen molar-refractivity contribution in [1.29, 1.82) is 0 Å². The minimum Gasteiger partial charge on any atom is -0.469 e. The number of rotatable bonds is 9. The average molecular weight is 419 g/mol. The fraction of sp³-hybridized carbons (Fsp3) is 0.269. The zero-order valence-electron chi connectivity index (χ0n) is 17.7. The Morgan fingerprint density at radius 3 is 2.68 bits per heavy atom. The number of aryl methyl sites for hydroxylation is 1. The molecule has 2 aromatic heterocycles. The number of aromatic nitrogens is 1. The first-order chi connectivity index (χ1) is 15.1. The van der Waals surface area contributed by atoms with E-state index >= 15 is 0 Å². The third kappa shape index (κ3) is 5.23. The number of hydrogen-bond acceptors (Lipinski definition) is 2. The van der Waals surface area contributed by atoms with E-state index in [1.807, 2.05) is 43.3 Å². The second-order valence-corrected chi connectivity index (χ2v) is 8.00. The fourth-order valence-electron chi connectivity index (χ4n) is 4.03. The van der Waals surface area contributed by atoms with Crippen molar-refractivity contribution in [1.82, 2.24) is 9.88 Å². The molecule has 160 valence electrons. The van der Waals surface area contributed by atoms with Crippen LogP contribution in [0.25, 0.3) is 10.9 Å². The largest absolute Gasteiger partial charge is 0.469 e. The highest BCUT2D eigenvalue weighted by Crippen LogP contribution is 2.24. The quantitative estimate of drug-likeness (QED) is 0.391. The van der Waals surface area contributed by atoms with E-state index < -0.39 is 0 Å². The highest BCUT2D eigenvalue weighted by molar-refractivity contribution is 5.84. The van der Waals surface area contributed by atoms with Gasteiger partial charge in [-0.3, -0.25) is 4.79 Å². The van der Waals surface area contributed by atoms with Crippen LogP contribution in [0.2, 0.25) is 0 Å². The number of benzene rings is 2. The summed E-state index contributed by atoms with van der Waals surface area (Å²) < 4.78 is 21.6. The van der Waals surface area contributed by atoms with Crippen molar-refractivity contribution in [3.8, 4) is 0 Å². The van der Waals surface area contributed by atoms with E-state index in [2.05, 4.69) is 28.2 Å². The predicted molar refractivity (Wildman–Crippen MR) is 120 cm³/mol. The molecule has 2 aromatic carbocycles. The molecular weight excluding hydrogens is 391 g/mol. The first-order valence-electron chi connectivity index (χ1n) is 10.7. The Morgan fingerprint density at radius 1 is 1.06 bits per heavy atom. The summed E-state index contributed by atoms with van der Waals surface area (Å²) in [5.41, 5.74) is 2.93. The Balaban J connectivity index is 1.37. The molecule has 1 amide bonds. The van der Waals surface area contributed by atoms with Crippen LogP contribution in [0.3, 0.4) is 0 Å². The Morgan fingerprint density at radius 2 is 1.87 bits per heavy atom. The van der Waals surface area contributed by atoms with Crippen molar-refractivity contribution >= 4 is 16.8 Å². The zero-order chi connectivity index (χ0) is 21.6.